The Morgan fingerprint density at radius 1 is 1.21 bits per heavy atom. The van der Waals surface area contributed by atoms with Crippen LogP contribution in [0.5, 0.6) is 0 Å². The summed E-state index contributed by atoms with van der Waals surface area (Å²) in [7, 11) is 2.56. The number of nitro groups is 1. The Hall–Kier alpha value is -3.46. The smallest absolute Gasteiger partial charge is 0.336 e. The average molecular weight is 387 g/mol. The van der Waals surface area contributed by atoms with Crippen LogP contribution in [0.1, 0.15) is 15.9 Å². The molecule has 0 saturated carbocycles. The van der Waals surface area contributed by atoms with E-state index in [1.807, 2.05) is 18.2 Å². The summed E-state index contributed by atoms with van der Waals surface area (Å²) < 4.78 is 4.60. The van der Waals surface area contributed by atoms with Crippen LogP contribution in [0.3, 0.4) is 0 Å². The van der Waals surface area contributed by atoms with Gasteiger partial charge in [-0.1, -0.05) is 30.3 Å². The van der Waals surface area contributed by atoms with Crippen LogP contribution < -0.4 is 10.6 Å². The van der Waals surface area contributed by atoms with Gasteiger partial charge in [0.1, 0.15) is 5.69 Å². The van der Waals surface area contributed by atoms with Crippen molar-refractivity contribution < 1.29 is 24.4 Å². The highest BCUT2D eigenvalue weighted by Gasteiger charge is 2.29. The zero-order valence-corrected chi connectivity index (χ0v) is 15.4. The van der Waals surface area contributed by atoms with Crippen LogP contribution in [0.2, 0.25) is 0 Å². The lowest BCUT2D eigenvalue weighted by Gasteiger charge is -2.23. The maximum atomic E-state index is 11.8. The molecule has 9 heteroatoms. The quantitative estimate of drug-likeness (QED) is 0.355. The number of hydrogen-bond donors (Lipinski definition) is 3. The van der Waals surface area contributed by atoms with Crippen molar-refractivity contribution in [3.05, 3.63) is 69.8 Å². The molecule has 0 fully saturated rings. The van der Waals surface area contributed by atoms with Crippen molar-refractivity contribution in [3.8, 4) is 0 Å². The normalized spacial score (nSPS) is 12.5. The fourth-order valence-corrected chi connectivity index (χ4v) is 2.68. The van der Waals surface area contributed by atoms with Gasteiger partial charge in [-0.05, 0) is 24.1 Å². The first kappa shape index (κ1) is 20.8. The van der Waals surface area contributed by atoms with E-state index in [9.17, 15) is 24.8 Å². The number of amides is 1. The predicted molar refractivity (Wildman–Crippen MR) is 102 cm³/mol. The van der Waals surface area contributed by atoms with Crippen LogP contribution in [-0.4, -0.2) is 48.2 Å². The number of carbonyl (C=O) groups is 2. The summed E-state index contributed by atoms with van der Waals surface area (Å²) in [5, 5.41) is 27.1. The van der Waals surface area contributed by atoms with E-state index in [4.69, 9.17) is 0 Å². The van der Waals surface area contributed by atoms with Gasteiger partial charge >= 0.3 is 5.97 Å². The lowest BCUT2D eigenvalue weighted by molar-refractivity contribution is -0.384. The van der Waals surface area contributed by atoms with Crippen molar-refractivity contribution in [3.63, 3.8) is 0 Å². The Balaban J connectivity index is 2.38. The second kappa shape index (κ2) is 9.47. The average Bonchev–Trinajstić information content (AvgIpc) is 2.72. The molecule has 0 saturated heterocycles. The molecular formula is C19H21N3O6. The highest BCUT2D eigenvalue weighted by atomic mass is 16.6. The van der Waals surface area contributed by atoms with E-state index in [0.29, 0.717) is 0 Å². The number of nitrogens with zero attached hydrogens (tertiary/aromatic N) is 1. The van der Waals surface area contributed by atoms with Gasteiger partial charge in [-0.15, -0.1) is 0 Å². The van der Waals surface area contributed by atoms with Crippen LogP contribution in [0, 0.1) is 10.1 Å². The number of esters is 1. The Morgan fingerprint density at radius 3 is 2.46 bits per heavy atom. The number of carbonyl (C=O) groups excluding carboxylic acids is 2. The van der Waals surface area contributed by atoms with Gasteiger partial charge in [-0.2, -0.15) is 0 Å². The molecule has 1 amide bonds. The molecule has 9 nitrogen and oxygen atoms in total. The summed E-state index contributed by atoms with van der Waals surface area (Å²) in [5.41, 5.74) is 0.651. The van der Waals surface area contributed by atoms with E-state index in [2.05, 4.69) is 15.4 Å². The molecule has 2 aromatic rings. The van der Waals surface area contributed by atoms with Crippen molar-refractivity contribution >= 4 is 23.3 Å². The highest BCUT2D eigenvalue weighted by molar-refractivity contribution is 5.95. The van der Waals surface area contributed by atoms with Gasteiger partial charge in [0, 0.05) is 18.7 Å². The summed E-state index contributed by atoms with van der Waals surface area (Å²) in [6.45, 7) is 0. The Morgan fingerprint density at radius 2 is 1.89 bits per heavy atom. The zero-order valence-electron chi connectivity index (χ0n) is 15.4. The Kier molecular flexibility index (Phi) is 7.05. The third-order valence-corrected chi connectivity index (χ3v) is 4.15. The maximum absolute atomic E-state index is 11.8. The van der Waals surface area contributed by atoms with Gasteiger partial charge in [0.2, 0.25) is 0 Å². The van der Waals surface area contributed by atoms with Gasteiger partial charge in [-0.3, -0.25) is 14.9 Å². The number of anilines is 1. The third kappa shape index (κ3) is 5.04. The molecular weight excluding hydrogens is 366 g/mol. The molecule has 0 spiro atoms. The summed E-state index contributed by atoms with van der Waals surface area (Å²) >= 11 is 0. The number of nitro benzene ring substituents is 1. The molecule has 0 radical (unpaired) electrons. The van der Waals surface area contributed by atoms with Gasteiger partial charge in [0.05, 0.1) is 18.1 Å². The summed E-state index contributed by atoms with van der Waals surface area (Å²) in [6.07, 6.45) is -1.34. The summed E-state index contributed by atoms with van der Waals surface area (Å²) in [6, 6.07) is 12.1. The summed E-state index contributed by atoms with van der Waals surface area (Å²) in [4.78, 5) is 34.4. The van der Waals surface area contributed by atoms with E-state index in [0.717, 1.165) is 18.7 Å². The minimum Gasteiger partial charge on any atom is -0.467 e. The first-order chi connectivity index (χ1) is 13.4. The van der Waals surface area contributed by atoms with E-state index in [1.165, 1.54) is 19.2 Å². The molecule has 2 rings (SSSR count). The van der Waals surface area contributed by atoms with Gasteiger partial charge in [0.15, 0.2) is 6.10 Å². The zero-order chi connectivity index (χ0) is 20.7. The molecule has 3 N–H and O–H groups in total. The van der Waals surface area contributed by atoms with E-state index in [-0.39, 0.29) is 23.4 Å². The van der Waals surface area contributed by atoms with E-state index in [1.54, 1.807) is 12.1 Å². The number of methoxy groups -OCH3 is 1. The molecule has 2 atom stereocenters. The van der Waals surface area contributed by atoms with Crippen LogP contribution in [0.25, 0.3) is 0 Å². The third-order valence-electron chi connectivity index (χ3n) is 4.15. The van der Waals surface area contributed by atoms with Crippen molar-refractivity contribution in [2.75, 3.05) is 19.5 Å². The minimum atomic E-state index is -1.55. The first-order valence-corrected chi connectivity index (χ1v) is 8.44. The number of nitrogens with one attached hydrogen (secondary N) is 2. The van der Waals surface area contributed by atoms with Crippen molar-refractivity contribution in [2.45, 2.75) is 18.6 Å². The lowest BCUT2D eigenvalue weighted by Crippen LogP contribution is -2.41. The largest absolute Gasteiger partial charge is 0.467 e. The molecule has 0 aromatic heterocycles. The second-order valence-corrected chi connectivity index (χ2v) is 5.98. The lowest BCUT2D eigenvalue weighted by atomic mass is 10.0. The molecule has 0 heterocycles. The molecule has 0 aliphatic rings. The number of aliphatic hydroxyl groups is 1. The van der Waals surface area contributed by atoms with Crippen LogP contribution in [0.15, 0.2) is 48.5 Å². The fourth-order valence-electron chi connectivity index (χ4n) is 2.68. The standard InChI is InChI=1S/C19H21N3O6/c1-20-18(24)13-8-9-14(16(11-13)22(26)27)21-15(17(23)19(25)28-2)10-12-6-4-3-5-7-12/h3-9,11,15,17,21,23H,10H2,1-2H3,(H,20,24)/t15-,17+/m1/s1. The van der Waals surface area contributed by atoms with Gasteiger partial charge in [0.25, 0.3) is 11.6 Å². The number of aliphatic hydroxyl groups excluding tert-OH is 1. The number of benzene rings is 2. The van der Waals surface area contributed by atoms with Crippen LogP contribution in [-0.2, 0) is 16.0 Å². The Bertz CT molecular complexity index is 856. The topological polar surface area (TPSA) is 131 Å². The molecule has 2 aromatic carbocycles. The van der Waals surface area contributed by atoms with Gasteiger partial charge in [-0.25, -0.2) is 4.79 Å². The molecule has 148 valence electrons. The van der Waals surface area contributed by atoms with E-state index >= 15 is 0 Å². The molecule has 0 unspecified atom stereocenters. The number of ether oxygens (including phenoxy) is 1. The molecule has 0 bridgehead atoms. The summed E-state index contributed by atoms with van der Waals surface area (Å²) in [5.74, 6) is -1.33. The SMILES string of the molecule is CNC(=O)c1ccc(N[C@H](Cc2ccccc2)[C@H](O)C(=O)OC)c([N+](=O)[O-])c1. The van der Waals surface area contributed by atoms with E-state index < -0.39 is 28.9 Å². The molecule has 0 aliphatic carbocycles. The monoisotopic (exact) mass is 387 g/mol. The van der Waals surface area contributed by atoms with Gasteiger partial charge < -0.3 is 20.5 Å². The molecule has 28 heavy (non-hydrogen) atoms. The van der Waals surface area contributed by atoms with Crippen molar-refractivity contribution in [1.29, 1.82) is 0 Å². The fraction of sp³-hybridized carbons (Fsp3) is 0.263. The first-order valence-electron chi connectivity index (χ1n) is 8.44. The van der Waals surface area contributed by atoms with Crippen molar-refractivity contribution in [1.82, 2.24) is 5.32 Å². The van der Waals surface area contributed by atoms with Crippen LogP contribution >= 0.6 is 0 Å². The molecule has 0 aliphatic heterocycles. The number of rotatable bonds is 8. The van der Waals surface area contributed by atoms with Crippen LogP contribution in [0.4, 0.5) is 11.4 Å². The highest BCUT2D eigenvalue weighted by Crippen LogP contribution is 2.27. The predicted octanol–water partition coefficient (Wildman–Crippen LogP) is 1.51. The Labute approximate surface area is 161 Å². The number of hydrogen-bond acceptors (Lipinski definition) is 7. The minimum absolute atomic E-state index is 0.0709. The second-order valence-electron chi connectivity index (χ2n) is 5.98. The maximum Gasteiger partial charge on any atom is 0.336 e. The van der Waals surface area contributed by atoms with Crippen molar-refractivity contribution in [2.24, 2.45) is 0 Å².